The lowest BCUT2D eigenvalue weighted by atomic mass is 10.1. The van der Waals surface area contributed by atoms with Crippen molar-refractivity contribution in [3.8, 4) is 11.4 Å². The summed E-state index contributed by atoms with van der Waals surface area (Å²) in [6.07, 6.45) is 3.38. The molecule has 1 unspecified atom stereocenters. The van der Waals surface area contributed by atoms with E-state index in [9.17, 15) is 4.79 Å². The number of rotatable bonds is 5. The standard InChI is InChI=1S/C17H19N7O2/c1-11(13-6-8-18-9-7-13)19-17(25)20-14-4-5-16(26-3)15(10-14)24-12(2)21-22-23-24/h4-11H,1-3H3,(H2,19,20,25). The fourth-order valence-corrected chi connectivity index (χ4v) is 2.49. The summed E-state index contributed by atoms with van der Waals surface area (Å²) < 4.78 is 6.90. The van der Waals surface area contributed by atoms with Gasteiger partial charge < -0.3 is 15.4 Å². The smallest absolute Gasteiger partial charge is 0.319 e. The number of aryl methyl sites for hydroxylation is 1. The maximum absolute atomic E-state index is 12.3. The first-order chi connectivity index (χ1) is 12.6. The number of carbonyl (C=O) groups excluding carboxylic acids is 1. The number of pyridine rings is 1. The van der Waals surface area contributed by atoms with Crippen molar-refractivity contribution in [2.24, 2.45) is 0 Å². The zero-order chi connectivity index (χ0) is 18.5. The number of anilines is 1. The van der Waals surface area contributed by atoms with E-state index < -0.39 is 0 Å². The number of aromatic nitrogens is 5. The minimum absolute atomic E-state index is 0.155. The van der Waals surface area contributed by atoms with Gasteiger partial charge in [-0.15, -0.1) is 5.10 Å². The fourth-order valence-electron chi connectivity index (χ4n) is 2.49. The number of hydrogen-bond acceptors (Lipinski definition) is 6. The molecule has 0 fully saturated rings. The van der Waals surface area contributed by atoms with Gasteiger partial charge in [-0.25, -0.2) is 4.79 Å². The first-order valence-electron chi connectivity index (χ1n) is 7.99. The zero-order valence-corrected chi connectivity index (χ0v) is 14.7. The van der Waals surface area contributed by atoms with Gasteiger partial charge in [0.25, 0.3) is 0 Å². The second-order valence-electron chi connectivity index (χ2n) is 5.63. The van der Waals surface area contributed by atoms with Crippen LogP contribution in [-0.2, 0) is 0 Å². The van der Waals surface area contributed by atoms with Crippen LogP contribution >= 0.6 is 0 Å². The summed E-state index contributed by atoms with van der Waals surface area (Å²) in [6.45, 7) is 3.68. The summed E-state index contributed by atoms with van der Waals surface area (Å²) in [5, 5.41) is 17.2. The molecule has 1 atom stereocenters. The third kappa shape index (κ3) is 3.77. The van der Waals surface area contributed by atoms with Crippen molar-refractivity contribution >= 4 is 11.7 Å². The van der Waals surface area contributed by atoms with Crippen LogP contribution in [0.2, 0.25) is 0 Å². The first kappa shape index (κ1) is 17.3. The summed E-state index contributed by atoms with van der Waals surface area (Å²) in [4.78, 5) is 16.3. The highest BCUT2D eigenvalue weighted by Gasteiger charge is 2.13. The topological polar surface area (TPSA) is 107 Å². The first-order valence-corrected chi connectivity index (χ1v) is 7.99. The molecule has 2 heterocycles. The quantitative estimate of drug-likeness (QED) is 0.728. The average molecular weight is 353 g/mol. The van der Waals surface area contributed by atoms with Crippen LogP contribution in [0, 0.1) is 6.92 Å². The molecule has 0 saturated heterocycles. The number of amides is 2. The second-order valence-corrected chi connectivity index (χ2v) is 5.63. The third-order valence-corrected chi connectivity index (χ3v) is 3.84. The lowest BCUT2D eigenvalue weighted by Gasteiger charge is -2.16. The van der Waals surface area contributed by atoms with Gasteiger partial charge in [-0.2, -0.15) is 4.68 Å². The van der Waals surface area contributed by atoms with E-state index in [4.69, 9.17) is 4.74 Å². The van der Waals surface area contributed by atoms with Crippen LogP contribution in [0.3, 0.4) is 0 Å². The van der Waals surface area contributed by atoms with Crippen molar-refractivity contribution in [3.63, 3.8) is 0 Å². The van der Waals surface area contributed by atoms with Gasteiger partial charge in [-0.1, -0.05) is 0 Å². The molecule has 0 spiro atoms. The predicted molar refractivity (Wildman–Crippen MR) is 95.2 cm³/mol. The molecule has 134 valence electrons. The number of nitrogens with zero attached hydrogens (tertiary/aromatic N) is 5. The van der Waals surface area contributed by atoms with Gasteiger partial charge in [0.05, 0.1) is 13.2 Å². The van der Waals surface area contributed by atoms with Crippen LogP contribution in [0.25, 0.3) is 5.69 Å². The summed E-state index contributed by atoms with van der Waals surface area (Å²) in [5.41, 5.74) is 2.19. The highest BCUT2D eigenvalue weighted by atomic mass is 16.5. The number of ether oxygens (including phenoxy) is 1. The van der Waals surface area contributed by atoms with Gasteiger partial charge in [-0.05, 0) is 60.2 Å². The molecule has 3 aromatic rings. The molecule has 0 radical (unpaired) electrons. The Hall–Kier alpha value is -3.49. The van der Waals surface area contributed by atoms with Crippen molar-refractivity contribution in [1.82, 2.24) is 30.5 Å². The molecule has 0 aliphatic rings. The van der Waals surface area contributed by atoms with Gasteiger partial charge in [0, 0.05) is 18.1 Å². The van der Waals surface area contributed by atoms with Gasteiger partial charge in [0.1, 0.15) is 11.4 Å². The third-order valence-electron chi connectivity index (χ3n) is 3.84. The summed E-state index contributed by atoms with van der Waals surface area (Å²) in [6, 6.07) is 8.49. The molecule has 9 nitrogen and oxygen atoms in total. The Labute approximate surface area is 150 Å². The van der Waals surface area contributed by atoms with E-state index in [-0.39, 0.29) is 12.1 Å². The van der Waals surface area contributed by atoms with E-state index in [1.54, 1.807) is 49.3 Å². The number of tetrazole rings is 1. The molecule has 9 heteroatoms. The predicted octanol–water partition coefficient (Wildman–Crippen LogP) is 2.26. The van der Waals surface area contributed by atoms with Crippen molar-refractivity contribution in [1.29, 1.82) is 0 Å². The lowest BCUT2D eigenvalue weighted by Crippen LogP contribution is -2.31. The average Bonchev–Trinajstić information content (AvgIpc) is 3.08. The highest BCUT2D eigenvalue weighted by Crippen LogP contribution is 2.26. The van der Waals surface area contributed by atoms with Crippen LogP contribution in [-0.4, -0.2) is 38.3 Å². The second kappa shape index (κ2) is 7.60. The van der Waals surface area contributed by atoms with Crippen molar-refractivity contribution in [3.05, 3.63) is 54.1 Å². The number of benzene rings is 1. The fraction of sp³-hybridized carbons (Fsp3) is 0.235. The SMILES string of the molecule is COc1ccc(NC(=O)NC(C)c2ccncc2)cc1-n1nnnc1C. The van der Waals surface area contributed by atoms with Gasteiger partial charge in [0.2, 0.25) is 0 Å². The van der Waals surface area contributed by atoms with Crippen LogP contribution in [0.15, 0.2) is 42.7 Å². The summed E-state index contributed by atoms with van der Waals surface area (Å²) >= 11 is 0. The molecular formula is C17H19N7O2. The van der Waals surface area contributed by atoms with Crippen LogP contribution in [0.5, 0.6) is 5.75 Å². The van der Waals surface area contributed by atoms with Crippen LogP contribution < -0.4 is 15.4 Å². The number of carbonyl (C=O) groups is 1. The minimum atomic E-state index is -0.320. The monoisotopic (exact) mass is 353 g/mol. The van der Waals surface area contributed by atoms with Crippen molar-refractivity contribution in [2.75, 3.05) is 12.4 Å². The maximum Gasteiger partial charge on any atom is 0.319 e. The Bertz CT molecular complexity index is 895. The van der Waals surface area contributed by atoms with Gasteiger partial charge in [-0.3, -0.25) is 4.98 Å². The van der Waals surface area contributed by atoms with Crippen LogP contribution in [0.4, 0.5) is 10.5 Å². The Morgan fingerprint density at radius 2 is 2.00 bits per heavy atom. The molecule has 2 aromatic heterocycles. The largest absolute Gasteiger partial charge is 0.494 e. The Kier molecular flexibility index (Phi) is 5.07. The van der Waals surface area contributed by atoms with Gasteiger partial charge >= 0.3 is 6.03 Å². The van der Waals surface area contributed by atoms with E-state index in [1.807, 2.05) is 19.1 Å². The Morgan fingerprint density at radius 3 is 2.65 bits per heavy atom. The molecule has 26 heavy (non-hydrogen) atoms. The Balaban J connectivity index is 1.76. The van der Waals surface area contributed by atoms with E-state index in [0.29, 0.717) is 22.9 Å². The molecule has 0 aliphatic carbocycles. The molecule has 0 bridgehead atoms. The van der Waals surface area contributed by atoms with Crippen molar-refractivity contribution in [2.45, 2.75) is 19.9 Å². The molecule has 3 rings (SSSR count). The van der Waals surface area contributed by atoms with Gasteiger partial charge in [0.15, 0.2) is 5.82 Å². The molecule has 0 aliphatic heterocycles. The normalized spacial score (nSPS) is 11.7. The molecule has 2 N–H and O–H groups in total. The maximum atomic E-state index is 12.3. The number of nitrogens with one attached hydrogen (secondary N) is 2. The minimum Gasteiger partial charge on any atom is -0.494 e. The number of urea groups is 1. The van der Waals surface area contributed by atoms with Crippen molar-refractivity contribution < 1.29 is 9.53 Å². The van der Waals surface area contributed by atoms with Crippen LogP contribution in [0.1, 0.15) is 24.4 Å². The number of hydrogen-bond donors (Lipinski definition) is 2. The molecule has 1 aromatic carbocycles. The molecule has 0 saturated carbocycles. The van der Waals surface area contributed by atoms with E-state index in [2.05, 4.69) is 31.1 Å². The molecular weight excluding hydrogens is 334 g/mol. The zero-order valence-electron chi connectivity index (χ0n) is 14.7. The summed E-state index contributed by atoms with van der Waals surface area (Å²) in [5.74, 6) is 1.20. The van der Waals surface area contributed by atoms with E-state index in [1.165, 1.54) is 0 Å². The highest BCUT2D eigenvalue weighted by molar-refractivity contribution is 5.90. The summed E-state index contributed by atoms with van der Waals surface area (Å²) in [7, 11) is 1.56. The lowest BCUT2D eigenvalue weighted by molar-refractivity contribution is 0.249. The Morgan fingerprint density at radius 1 is 1.23 bits per heavy atom. The molecule has 2 amide bonds. The number of methoxy groups -OCH3 is 1. The van der Waals surface area contributed by atoms with E-state index >= 15 is 0 Å². The van der Waals surface area contributed by atoms with E-state index in [0.717, 1.165) is 5.56 Å².